The second-order valence-electron chi connectivity index (χ2n) is 4.78. The summed E-state index contributed by atoms with van der Waals surface area (Å²) in [6.45, 7) is 0.719. The SMILES string of the molecule is Oc1c(Nc2ccccc2)cc2c3c1N=NC=3CCN=2. The molecule has 2 aromatic carbocycles. The number of rotatable bonds is 2. The molecule has 2 N–H and O–H groups in total. The molecule has 0 aromatic heterocycles. The third-order valence-corrected chi connectivity index (χ3v) is 3.50. The van der Waals surface area contributed by atoms with Crippen LogP contribution in [0.15, 0.2) is 51.6 Å². The van der Waals surface area contributed by atoms with Crippen molar-refractivity contribution in [2.45, 2.75) is 6.42 Å². The van der Waals surface area contributed by atoms with Gasteiger partial charge in [0.25, 0.3) is 0 Å². The van der Waals surface area contributed by atoms with E-state index in [0.717, 1.165) is 34.9 Å². The standard InChI is InChI=1S/C15H12N4O/c20-15-12(17-9-4-2-1-3-5-9)8-11-13-10(6-7-16-11)18-19-14(13)15/h1-5,8,17,20H,6-7H2. The number of hydrogen-bond acceptors (Lipinski definition) is 5. The van der Waals surface area contributed by atoms with Crippen molar-refractivity contribution in [2.75, 3.05) is 11.9 Å². The molecule has 0 aliphatic carbocycles. The summed E-state index contributed by atoms with van der Waals surface area (Å²) in [5, 5.41) is 23.5. The Balaban J connectivity index is 1.90. The fourth-order valence-electron chi connectivity index (χ4n) is 2.54. The van der Waals surface area contributed by atoms with E-state index in [-0.39, 0.29) is 5.75 Å². The topological polar surface area (TPSA) is 69.3 Å². The summed E-state index contributed by atoms with van der Waals surface area (Å²) in [6, 6.07) is 11.6. The van der Waals surface area contributed by atoms with Crippen molar-refractivity contribution in [1.82, 2.24) is 0 Å². The molecule has 0 radical (unpaired) electrons. The largest absolute Gasteiger partial charge is 0.504 e. The summed E-state index contributed by atoms with van der Waals surface area (Å²) >= 11 is 0. The van der Waals surface area contributed by atoms with Crippen LogP contribution in [-0.4, -0.2) is 11.7 Å². The van der Waals surface area contributed by atoms with Gasteiger partial charge in [0.05, 0.1) is 22.0 Å². The van der Waals surface area contributed by atoms with Gasteiger partial charge in [-0.1, -0.05) is 18.2 Å². The third kappa shape index (κ3) is 1.60. The van der Waals surface area contributed by atoms with Gasteiger partial charge in [-0.3, -0.25) is 4.99 Å². The maximum Gasteiger partial charge on any atom is 0.167 e. The molecule has 0 unspecified atom stereocenters. The molecule has 98 valence electrons. The van der Waals surface area contributed by atoms with E-state index in [1.54, 1.807) is 0 Å². The molecule has 0 amide bonds. The van der Waals surface area contributed by atoms with E-state index >= 15 is 0 Å². The number of azo groups is 1. The van der Waals surface area contributed by atoms with Gasteiger partial charge in [-0.05, 0) is 18.2 Å². The Hall–Kier alpha value is -2.69. The zero-order valence-corrected chi connectivity index (χ0v) is 10.7. The fraction of sp³-hybridized carbons (Fsp3) is 0.133. The van der Waals surface area contributed by atoms with E-state index < -0.39 is 0 Å². The van der Waals surface area contributed by atoms with Crippen LogP contribution in [0.1, 0.15) is 6.42 Å². The quantitative estimate of drug-likeness (QED) is 0.817. The van der Waals surface area contributed by atoms with Gasteiger partial charge < -0.3 is 10.4 Å². The number of para-hydroxylation sites is 1. The van der Waals surface area contributed by atoms with Gasteiger partial charge in [-0.25, -0.2) is 0 Å². The van der Waals surface area contributed by atoms with Crippen LogP contribution in [0.25, 0.3) is 5.70 Å². The molecule has 5 heteroatoms. The maximum absolute atomic E-state index is 10.4. The Kier molecular flexibility index (Phi) is 2.32. The lowest BCUT2D eigenvalue weighted by Gasteiger charge is -2.11. The minimum Gasteiger partial charge on any atom is -0.504 e. The van der Waals surface area contributed by atoms with Crippen molar-refractivity contribution in [3.05, 3.63) is 47.0 Å². The number of nitrogens with one attached hydrogen (secondary N) is 1. The number of benzene rings is 2. The van der Waals surface area contributed by atoms with Crippen molar-refractivity contribution >= 4 is 22.8 Å². The molecule has 4 rings (SSSR count). The second kappa shape index (κ2) is 4.16. The highest BCUT2D eigenvalue weighted by atomic mass is 16.3. The highest BCUT2D eigenvalue weighted by molar-refractivity contribution is 5.76. The maximum atomic E-state index is 10.4. The first-order chi connectivity index (χ1) is 9.83. The van der Waals surface area contributed by atoms with Crippen LogP contribution in [0.2, 0.25) is 0 Å². The highest BCUT2D eigenvalue weighted by Crippen LogP contribution is 2.35. The smallest absolute Gasteiger partial charge is 0.167 e. The lowest BCUT2D eigenvalue weighted by Crippen LogP contribution is -2.30. The van der Waals surface area contributed by atoms with Crippen LogP contribution in [0, 0.1) is 0 Å². The molecular formula is C15H12N4O. The van der Waals surface area contributed by atoms with Gasteiger partial charge in [0.1, 0.15) is 5.69 Å². The molecule has 2 heterocycles. The summed E-state index contributed by atoms with van der Waals surface area (Å²) in [6.07, 6.45) is 0.786. The monoisotopic (exact) mass is 264 g/mol. The number of phenols is 1. The average molecular weight is 264 g/mol. The first kappa shape index (κ1) is 11.2. The molecule has 0 bridgehead atoms. The normalized spacial score (nSPS) is 14.9. The highest BCUT2D eigenvalue weighted by Gasteiger charge is 2.20. The second-order valence-corrected chi connectivity index (χ2v) is 4.78. The molecule has 2 aliphatic heterocycles. The van der Waals surface area contributed by atoms with E-state index in [1.165, 1.54) is 0 Å². The third-order valence-electron chi connectivity index (χ3n) is 3.50. The zero-order valence-electron chi connectivity index (χ0n) is 10.7. The average Bonchev–Trinajstić information content (AvgIpc) is 2.91. The van der Waals surface area contributed by atoms with Crippen LogP contribution >= 0.6 is 0 Å². The Morgan fingerprint density at radius 2 is 1.95 bits per heavy atom. The van der Waals surface area contributed by atoms with Crippen molar-refractivity contribution in [3.63, 3.8) is 0 Å². The van der Waals surface area contributed by atoms with Crippen LogP contribution in [0.5, 0.6) is 5.75 Å². The molecule has 2 aromatic rings. The number of phenolic OH excluding ortho intramolecular Hbond substituents is 1. The molecule has 0 fully saturated rings. The fourth-order valence-corrected chi connectivity index (χ4v) is 2.54. The van der Waals surface area contributed by atoms with Crippen molar-refractivity contribution < 1.29 is 5.11 Å². The number of nitrogens with zero attached hydrogens (tertiary/aromatic N) is 3. The zero-order chi connectivity index (χ0) is 13.5. The Bertz CT molecular complexity index is 840. The van der Waals surface area contributed by atoms with Crippen molar-refractivity contribution in [2.24, 2.45) is 15.2 Å². The summed E-state index contributed by atoms with van der Waals surface area (Å²) in [5.41, 5.74) is 2.96. The lowest BCUT2D eigenvalue weighted by molar-refractivity contribution is 0.478. The predicted molar refractivity (Wildman–Crippen MR) is 76.0 cm³/mol. The number of aromatic hydroxyl groups is 1. The van der Waals surface area contributed by atoms with E-state index in [0.29, 0.717) is 11.4 Å². The first-order valence-corrected chi connectivity index (χ1v) is 6.50. The Morgan fingerprint density at radius 1 is 1.10 bits per heavy atom. The Morgan fingerprint density at radius 3 is 2.80 bits per heavy atom. The van der Waals surface area contributed by atoms with E-state index in [2.05, 4.69) is 20.5 Å². The molecule has 0 atom stereocenters. The molecule has 0 spiro atoms. The van der Waals surface area contributed by atoms with Crippen LogP contribution in [0.4, 0.5) is 17.1 Å². The van der Waals surface area contributed by atoms with E-state index in [1.807, 2.05) is 36.4 Å². The molecule has 20 heavy (non-hydrogen) atoms. The van der Waals surface area contributed by atoms with Gasteiger partial charge in [0, 0.05) is 18.7 Å². The Labute approximate surface area is 115 Å². The molecular weight excluding hydrogens is 252 g/mol. The van der Waals surface area contributed by atoms with Gasteiger partial charge in [0.2, 0.25) is 0 Å². The number of anilines is 2. The minimum atomic E-state index is 0.128. The molecule has 0 saturated carbocycles. The van der Waals surface area contributed by atoms with E-state index in [4.69, 9.17) is 0 Å². The van der Waals surface area contributed by atoms with Crippen molar-refractivity contribution in [1.29, 1.82) is 0 Å². The molecule has 2 aliphatic rings. The van der Waals surface area contributed by atoms with Gasteiger partial charge in [0.15, 0.2) is 5.75 Å². The molecule has 5 nitrogen and oxygen atoms in total. The minimum absolute atomic E-state index is 0.128. The predicted octanol–water partition coefficient (Wildman–Crippen LogP) is 2.36. The summed E-state index contributed by atoms with van der Waals surface area (Å²) in [4.78, 5) is 4.50. The van der Waals surface area contributed by atoms with Gasteiger partial charge in [-0.15, -0.1) is 5.11 Å². The van der Waals surface area contributed by atoms with Crippen molar-refractivity contribution in [3.8, 4) is 5.75 Å². The van der Waals surface area contributed by atoms with Crippen LogP contribution < -0.4 is 15.9 Å². The summed E-state index contributed by atoms with van der Waals surface area (Å²) < 4.78 is 0. The summed E-state index contributed by atoms with van der Waals surface area (Å²) in [5.74, 6) is 0.128. The number of hydrogen-bond donors (Lipinski definition) is 2. The van der Waals surface area contributed by atoms with E-state index in [9.17, 15) is 5.11 Å². The van der Waals surface area contributed by atoms with Crippen LogP contribution in [-0.2, 0) is 0 Å². The van der Waals surface area contributed by atoms with Crippen LogP contribution in [0.3, 0.4) is 0 Å². The summed E-state index contributed by atoms with van der Waals surface area (Å²) in [7, 11) is 0. The molecule has 0 saturated heterocycles. The van der Waals surface area contributed by atoms with Gasteiger partial charge in [-0.2, -0.15) is 5.11 Å². The lowest BCUT2D eigenvalue weighted by atomic mass is 10.1. The first-order valence-electron chi connectivity index (χ1n) is 6.50. The van der Waals surface area contributed by atoms with Gasteiger partial charge >= 0.3 is 0 Å².